The second-order valence-corrected chi connectivity index (χ2v) is 12.2. The summed E-state index contributed by atoms with van der Waals surface area (Å²) < 4.78 is 0. The molecule has 0 heterocycles. The summed E-state index contributed by atoms with van der Waals surface area (Å²) in [5.41, 5.74) is 15.4. The Balaban J connectivity index is 1.16. The minimum absolute atomic E-state index is 1.11. The summed E-state index contributed by atoms with van der Waals surface area (Å²) in [5.74, 6) is 0. The molecule has 1 nitrogen and oxygen atoms in total. The first-order valence-electron chi connectivity index (χ1n) is 16.8. The molecule has 0 saturated heterocycles. The Kier molecular flexibility index (Phi) is 8.39. The third-order valence-corrected chi connectivity index (χ3v) is 9.07. The number of nitrogens with zero attached hydrogens (tertiary/aromatic N) is 1. The summed E-state index contributed by atoms with van der Waals surface area (Å²) in [6.07, 6.45) is 0. The fraction of sp³-hybridized carbons (Fsp3) is 0. The van der Waals surface area contributed by atoms with Crippen LogP contribution in [0.15, 0.2) is 212 Å². The molecule has 0 unspecified atom stereocenters. The molecule has 232 valence electrons. The number of anilines is 3. The predicted octanol–water partition coefficient (Wildman–Crippen LogP) is 13.5. The normalized spacial score (nSPS) is 10.9. The van der Waals surface area contributed by atoms with Crippen LogP contribution in [-0.2, 0) is 0 Å². The summed E-state index contributed by atoms with van der Waals surface area (Å²) in [6.45, 7) is 0. The van der Waals surface area contributed by atoms with Crippen LogP contribution in [0.5, 0.6) is 0 Å². The zero-order chi connectivity index (χ0) is 32.8. The third kappa shape index (κ3) is 6.43. The molecule has 1 heteroatoms. The lowest BCUT2D eigenvalue weighted by atomic mass is 9.93. The van der Waals surface area contributed by atoms with Crippen molar-refractivity contribution < 1.29 is 0 Å². The van der Waals surface area contributed by atoms with Gasteiger partial charge in [-0.15, -0.1) is 0 Å². The van der Waals surface area contributed by atoms with E-state index in [0.717, 1.165) is 17.1 Å². The number of hydrogen-bond donors (Lipinski definition) is 0. The largest absolute Gasteiger partial charge is 0.311 e. The molecule has 0 bridgehead atoms. The summed E-state index contributed by atoms with van der Waals surface area (Å²) in [7, 11) is 0. The van der Waals surface area contributed by atoms with Gasteiger partial charge >= 0.3 is 0 Å². The van der Waals surface area contributed by atoms with Crippen molar-refractivity contribution in [2.75, 3.05) is 4.90 Å². The second-order valence-electron chi connectivity index (χ2n) is 12.2. The number of rotatable bonds is 8. The standard InChI is InChI=1S/C48H35N/c1-5-15-36(16-6-1)41-33-42(37-17-7-2-8-18-37)35-43(34-41)38-25-29-45(30-26-38)49(44-21-11-4-12-22-44)46-31-27-40(28-32-46)48-24-14-13-23-47(48)39-19-9-3-10-20-39/h1-35H. The molecular formula is C48H35N. The van der Waals surface area contributed by atoms with Gasteiger partial charge in [0, 0.05) is 17.1 Å². The molecule has 0 aromatic heterocycles. The smallest absolute Gasteiger partial charge is 0.0462 e. The first-order chi connectivity index (χ1) is 24.3. The van der Waals surface area contributed by atoms with E-state index in [9.17, 15) is 0 Å². The Labute approximate surface area is 289 Å². The predicted molar refractivity (Wildman–Crippen MR) is 208 cm³/mol. The molecule has 0 saturated carbocycles. The van der Waals surface area contributed by atoms with Crippen molar-refractivity contribution in [3.63, 3.8) is 0 Å². The van der Waals surface area contributed by atoms with Gasteiger partial charge in [0.1, 0.15) is 0 Å². The van der Waals surface area contributed by atoms with Gasteiger partial charge in [-0.05, 0) is 110 Å². The van der Waals surface area contributed by atoms with Crippen molar-refractivity contribution in [3.8, 4) is 55.6 Å². The molecule has 0 amide bonds. The van der Waals surface area contributed by atoms with Crippen molar-refractivity contribution in [2.45, 2.75) is 0 Å². The lowest BCUT2D eigenvalue weighted by Crippen LogP contribution is -2.09. The number of benzene rings is 8. The zero-order valence-corrected chi connectivity index (χ0v) is 27.2. The van der Waals surface area contributed by atoms with Gasteiger partial charge in [0.2, 0.25) is 0 Å². The molecule has 0 N–H and O–H groups in total. The molecule has 0 radical (unpaired) electrons. The van der Waals surface area contributed by atoms with Crippen molar-refractivity contribution in [1.29, 1.82) is 0 Å². The van der Waals surface area contributed by atoms with Gasteiger partial charge in [-0.1, -0.05) is 158 Å². The quantitative estimate of drug-likeness (QED) is 0.162. The van der Waals surface area contributed by atoms with E-state index in [4.69, 9.17) is 0 Å². The van der Waals surface area contributed by atoms with Crippen LogP contribution in [0.3, 0.4) is 0 Å². The van der Waals surface area contributed by atoms with Gasteiger partial charge in [-0.25, -0.2) is 0 Å². The third-order valence-electron chi connectivity index (χ3n) is 9.07. The van der Waals surface area contributed by atoms with Crippen molar-refractivity contribution in [3.05, 3.63) is 212 Å². The Morgan fingerprint density at radius 1 is 0.204 bits per heavy atom. The molecule has 0 atom stereocenters. The van der Waals surface area contributed by atoms with E-state index in [-0.39, 0.29) is 0 Å². The van der Waals surface area contributed by atoms with Gasteiger partial charge in [-0.3, -0.25) is 0 Å². The van der Waals surface area contributed by atoms with Crippen LogP contribution in [0.4, 0.5) is 17.1 Å². The van der Waals surface area contributed by atoms with Gasteiger partial charge in [0.15, 0.2) is 0 Å². The van der Waals surface area contributed by atoms with Crippen LogP contribution < -0.4 is 4.90 Å². The Hall–Kier alpha value is -6.44. The SMILES string of the molecule is c1ccc(-c2cc(-c3ccccc3)cc(-c3ccc(N(c4ccccc4)c4ccc(-c5ccccc5-c5ccccc5)cc4)cc3)c2)cc1. The fourth-order valence-electron chi connectivity index (χ4n) is 6.61. The molecule has 8 aromatic carbocycles. The first kappa shape index (κ1) is 29.9. The summed E-state index contributed by atoms with van der Waals surface area (Å²) >= 11 is 0. The van der Waals surface area contributed by atoms with Gasteiger partial charge in [0.05, 0.1) is 0 Å². The molecule has 8 aromatic rings. The molecule has 0 aliphatic rings. The summed E-state index contributed by atoms with van der Waals surface area (Å²) in [4.78, 5) is 2.33. The Bertz CT molecular complexity index is 2220. The zero-order valence-electron chi connectivity index (χ0n) is 27.2. The van der Waals surface area contributed by atoms with E-state index >= 15 is 0 Å². The van der Waals surface area contributed by atoms with Gasteiger partial charge in [0.25, 0.3) is 0 Å². The maximum absolute atomic E-state index is 2.33. The highest BCUT2D eigenvalue weighted by atomic mass is 15.1. The lowest BCUT2D eigenvalue weighted by Gasteiger charge is -2.26. The van der Waals surface area contributed by atoms with Gasteiger partial charge < -0.3 is 4.90 Å². The van der Waals surface area contributed by atoms with Crippen molar-refractivity contribution in [1.82, 2.24) is 0 Å². The first-order valence-corrected chi connectivity index (χ1v) is 16.8. The number of para-hydroxylation sites is 1. The van der Waals surface area contributed by atoms with Crippen LogP contribution in [-0.4, -0.2) is 0 Å². The average molecular weight is 626 g/mol. The van der Waals surface area contributed by atoms with E-state index < -0.39 is 0 Å². The van der Waals surface area contributed by atoms with E-state index in [1.54, 1.807) is 0 Å². The molecule has 49 heavy (non-hydrogen) atoms. The van der Waals surface area contributed by atoms with Crippen LogP contribution in [0, 0.1) is 0 Å². The minimum Gasteiger partial charge on any atom is -0.311 e. The van der Waals surface area contributed by atoms with E-state index in [0.29, 0.717) is 0 Å². The van der Waals surface area contributed by atoms with E-state index in [1.807, 2.05) is 0 Å². The van der Waals surface area contributed by atoms with Crippen LogP contribution in [0.25, 0.3) is 55.6 Å². The fourth-order valence-corrected chi connectivity index (χ4v) is 6.61. The lowest BCUT2D eigenvalue weighted by molar-refractivity contribution is 1.28. The highest BCUT2D eigenvalue weighted by Crippen LogP contribution is 2.39. The maximum Gasteiger partial charge on any atom is 0.0462 e. The molecule has 0 aliphatic carbocycles. The van der Waals surface area contributed by atoms with Crippen LogP contribution in [0.2, 0.25) is 0 Å². The highest BCUT2D eigenvalue weighted by Gasteiger charge is 2.15. The van der Waals surface area contributed by atoms with Gasteiger partial charge in [-0.2, -0.15) is 0 Å². The van der Waals surface area contributed by atoms with Crippen LogP contribution in [0.1, 0.15) is 0 Å². The van der Waals surface area contributed by atoms with Crippen molar-refractivity contribution >= 4 is 17.1 Å². The summed E-state index contributed by atoms with van der Waals surface area (Å²) in [6, 6.07) is 75.9. The Morgan fingerprint density at radius 3 is 0.918 bits per heavy atom. The van der Waals surface area contributed by atoms with Crippen molar-refractivity contribution in [2.24, 2.45) is 0 Å². The highest BCUT2D eigenvalue weighted by molar-refractivity contribution is 5.86. The molecule has 0 fully saturated rings. The van der Waals surface area contributed by atoms with E-state index in [1.165, 1.54) is 55.6 Å². The molecular weight excluding hydrogens is 591 g/mol. The van der Waals surface area contributed by atoms with E-state index in [2.05, 4.69) is 217 Å². The van der Waals surface area contributed by atoms with Crippen LogP contribution >= 0.6 is 0 Å². The second kappa shape index (κ2) is 13.7. The molecule has 0 spiro atoms. The monoisotopic (exact) mass is 625 g/mol. The molecule has 0 aliphatic heterocycles. The topological polar surface area (TPSA) is 3.24 Å². The Morgan fingerprint density at radius 2 is 0.490 bits per heavy atom. The molecule has 8 rings (SSSR count). The summed E-state index contributed by atoms with van der Waals surface area (Å²) in [5, 5.41) is 0. The maximum atomic E-state index is 2.33. The average Bonchev–Trinajstić information content (AvgIpc) is 3.20. The number of hydrogen-bond acceptors (Lipinski definition) is 1. The minimum atomic E-state index is 1.11.